The zero-order chi connectivity index (χ0) is 30.2. The number of rotatable bonds is 9. The highest BCUT2D eigenvalue weighted by atomic mass is 32.2. The second kappa shape index (κ2) is 14.8. The Bertz CT molecular complexity index is 1270. The monoisotopic (exact) mass is 573 g/mol. The van der Waals surface area contributed by atoms with Gasteiger partial charge < -0.3 is 14.5 Å². The predicted octanol–water partition coefficient (Wildman–Crippen LogP) is 4.56. The number of ketones is 1. The van der Waals surface area contributed by atoms with Crippen LogP contribution >= 0.6 is 0 Å². The van der Waals surface area contributed by atoms with Gasteiger partial charge in [-0.25, -0.2) is 8.42 Å². The molecule has 2 aromatic carbocycles. The Morgan fingerprint density at radius 3 is 2.12 bits per heavy atom. The van der Waals surface area contributed by atoms with E-state index in [1.807, 2.05) is 14.0 Å². The molecule has 1 aliphatic heterocycles. The highest BCUT2D eigenvalue weighted by Gasteiger charge is 2.26. The molecule has 0 fully saturated rings. The SMILES string of the molecule is CC(=O)N(C)C(C)c1ccc2c(c1)CCN(C)CC2.CCCC(=O)CN(C)S(=O)(=O)c1c(C)cc(OC)cc1C. The van der Waals surface area contributed by atoms with Crippen molar-refractivity contribution in [2.75, 3.05) is 47.9 Å². The number of carbonyl (C=O) groups is 2. The summed E-state index contributed by atoms with van der Waals surface area (Å²) in [5.74, 6) is 0.656. The number of ether oxygens (including phenoxy) is 1. The van der Waals surface area contributed by atoms with Gasteiger partial charge in [-0.3, -0.25) is 9.59 Å². The molecule has 1 heterocycles. The van der Waals surface area contributed by atoms with E-state index >= 15 is 0 Å². The van der Waals surface area contributed by atoms with Crippen LogP contribution in [0, 0.1) is 13.8 Å². The number of sulfonamides is 1. The van der Waals surface area contributed by atoms with Gasteiger partial charge in [0.05, 0.1) is 24.6 Å². The molecule has 1 amide bonds. The Morgan fingerprint density at radius 2 is 1.60 bits per heavy atom. The zero-order valence-corrected chi connectivity index (χ0v) is 26.5. The lowest BCUT2D eigenvalue weighted by atomic mass is 9.97. The first-order chi connectivity index (χ1) is 18.7. The van der Waals surface area contributed by atoms with Crippen LogP contribution in [0.4, 0.5) is 0 Å². The Balaban J connectivity index is 0.000000281. The molecule has 0 spiro atoms. The molecule has 1 unspecified atom stereocenters. The van der Waals surface area contributed by atoms with Crippen molar-refractivity contribution in [1.82, 2.24) is 14.1 Å². The third-order valence-corrected chi connectivity index (χ3v) is 9.69. The Hall–Kier alpha value is -2.75. The van der Waals surface area contributed by atoms with Crippen molar-refractivity contribution in [1.29, 1.82) is 0 Å². The number of amides is 1. The summed E-state index contributed by atoms with van der Waals surface area (Å²) in [6, 6.07) is 10.2. The van der Waals surface area contributed by atoms with Crippen LogP contribution < -0.4 is 4.74 Å². The molecule has 222 valence electrons. The van der Waals surface area contributed by atoms with Crippen molar-refractivity contribution < 1.29 is 22.7 Å². The summed E-state index contributed by atoms with van der Waals surface area (Å²) in [5.41, 5.74) is 5.38. The maximum absolute atomic E-state index is 12.6. The molecule has 0 aromatic heterocycles. The molecular weight excluding hydrogens is 526 g/mol. The van der Waals surface area contributed by atoms with E-state index in [2.05, 4.69) is 37.1 Å². The second-order valence-corrected chi connectivity index (χ2v) is 12.8. The van der Waals surface area contributed by atoms with Gasteiger partial charge in [-0.2, -0.15) is 4.31 Å². The van der Waals surface area contributed by atoms with Crippen molar-refractivity contribution in [3.63, 3.8) is 0 Å². The average Bonchev–Trinajstić information content (AvgIpc) is 3.08. The van der Waals surface area contributed by atoms with Gasteiger partial charge in [0.2, 0.25) is 15.9 Å². The molecule has 0 bridgehead atoms. The summed E-state index contributed by atoms with van der Waals surface area (Å²) >= 11 is 0. The van der Waals surface area contributed by atoms with E-state index in [0.29, 0.717) is 29.7 Å². The number of hydrogen-bond acceptors (Lipinski definition) is 6. The van der Waals surface area contributed by atoms with E-state index in [9.17, 15) is 18.0 Å². The molecule has 9 heteroatoms. The average molecular weight is 574 g/mol. The quantitative estimate of drug-likeness (QED) is 0.437. The van der Waals surface area contributed by atoms with Crippen LogP contribution in [0.25, 0.3) is 0 Å². The zero-order valence-electron chi connectivity index (χ0n) is 25.7. The summed E-state index contributed by atoms with van der Waals surface area (Å²) < 4.78 is 31.5. The Labute approximate surface area is 241 Å². The fraction of sp³-hybridized carbons (Fsp3) is 0.548. The third-order valence-electron chi connectivity index (χ3n) is 7.58. The summed E-state index contributed by atoms with van der Waals surface area (Å²) in [6.07, 6.45) is 3.34. The van der Waals surface area contributed by atoms with Crippen LogP contribution in [-0.2, 0) is 32.5 Å². The van der Waals surface area contributed by atoms with Crippen molar-refractivity contribution in [3.8, 4) is 5.75 Å². The number of nitrogens with zero attached hydrogens (tertiary/aromatic N) is 3. The van der Waals surface area contributed by atoms with Gasteiger partial charge in [0, 0.05) is 40.5 Å². The molecule has 0 saturated heterocycles. The Kier molecular flexibility index (Phi) is 12.3. The Morgan fingerprint density at radius 1 is 1.02 bits per heavy atom. The number of Topliss-reactive ketones (excluding diaryl/α,β-unsaturated/α-hetero) is 1. The standard InChI is InChI=1S/C16H24N2O.C15H23NO4S/c1-12(18(4)13(2)19)15-6-5-14-7-9-17(3)10-8-16(14)11-15;1-6-7-13(17)10-16(4)21(18,19)15-11(2)8-14(20-5)9-12(15)3/h5-6,11-12H,7-10H2,1-4H3;8-9H,6-7,10H2,1-5H3. The van der Waals surface area contributed by atoms with Crippen LogP contribution in [-0.4, -0.2) is 82.1 Å². The molecule has 3 rings (SSSR count). The molecule has 0 aliphatic carbocycles. The lowest BCUT2D eigenvalue weighted by Crippen LogP contribution is -2.33. The number of hydrogen-bond donors (Lipinski definition) is 0. The van der Waals surface area contributed by atoms with E-state index in [0.717, 1.165) is 30.2 Å². The molecule has 2 aromatic rings. The maximum atomic E-state index is 12.6. The van der Waals surface area contributed by atoms with Gasteiger partial charge in [-0.05, 0) is 87.0 Å². The van der Waals surface area contributed by atoms with Gasteiger partial charge in [-0.15, -0.1) is 0 Å². The molecule has 1 aliphatic rings. The van der Waals surface area contributed by atoms with E-state index < -0.39 is 10.0 Å². The number of fused-ring (bicyclic) bond motifs is 1. The lowest BCUT2D eigenvalue weighted by molar-refractivity contribution is -0.129. The largest absolute Gasteiger partial charge is 0.497 e. The summed E-state index contributed by atoms with van der Waals surface area (Å²) in [4.78, 5) is 27.6. The van der Waals surface area contributed by atoms with Crippen molar-refractivity contribution >= 4 is 21.7 Å². The highest BCUT2D eigenvalue weighted by Crippen LogP contribution is 2.28. The number of methoxy groups -OCH3 is 1. The number of carbonyl (C=O) groups excluding carboxylic acids is 2. The van der Waals surface area contributed by atoms with Crippen LogP contribution in [0.2, 0.25) is 0 Å². The van der Waals surface area contributed by atoms with Crippen LogP contribution in [0.3, 0.4) is 0 Å². The maximum Gasteiger partial charge on any atom is 0.243 e. The van der Waals surface area contributed by atoms with Crippen molar-refractivity contribution in [2.45, 2.75) is 71.2 Å². The van der Waals surface area contributed by atoms with Gasteiger partial charge in [-0.1, -0.05) is 25.1 Å². The number of aryl methyl sites for hydroxylation is 2. The van der Waals surface area contributed by atoms with Gasteiger partial charge in [0.25, 0.3) is 0 Å². The second-order valence-electron chi connectivity index (χ2n) is 10.8. The normalized spacial score (nSPS) is 14.4. The van der Waals surface area contributed by atoms with Gasteiger partial charge >= 0.3 is 0 Å². The number of benzene rings is 2. The van der Waals surface area contributed by atoms with Crippen LogP contribution in [0.5, 0.6) is 5.75 Å². The van der Waals surface area contributed by atoms with Gasteiger partial charge in [0.15, 0.2) is 0 Å². The smallest absolute Gasteiger partial charge is 0.243 e. The topological polar surface area (TPSA) is 87.2 Å². The van der Waals surface area contributed by atoms with E-state index in [4.69, 9.17) is 4.74 Å². The molecule has 0 radical (unpaired) electrons. The van der Waals surface area contributed by atoms with E-state index in [1.165, 1.54) is 30.8 Å². The molecule has 0 saturated carbocycles. The predicted molar refractivity (Wildman–Crippen MR) is 160 cm³/mol. The molecule has 1 atom stereocenters. The van der Waals surface area contributed by atoms with Crippen molar-refractivity contribution in [3.05, 3.63) is 58.1 Å². The van der Waals surface area contributed by atoms with Crippen LogP contribution in [0.1, 0.15) is 67.5 Å². The lowest BCUT2D eigenvalue weighted by Gasteiger charge is -2.24. The van der Waals surface area contributed by atoms with E-state index in [1.54, 1.807) is 37.8 Å². The highest BCUT2D eigenvalue weighted by molar-refractivity contribution is 7.89. The third kappa shape index (κ3) is 8.62. The summed E-state index contributed by atoms with van der Waals surface area (Å²) in [6.45, 7) is 11.2. The minimum absolute atomic E-state index is 0.0765. The van der Waals surface area contributed by atoms with Crippen molar-refractivity contribution in [2.24, 2.45) is 0 Å². The van der Waals surface area contributed by atoms with E-state index in [-0.39, 0.29) is 29.2 Å². The first-order valence-electron chi connectivity index (χ1n) is 13.9. The first-order valence-corrected chi connectivity index (χ1v) is 15.3. The van der Waals surface area contributed by atoms with Crippen LogP contribution in [0.15, 0.2) is 35.2 Å². The molecule has 0 N–H and O–H groups in total. The minimum Gasteiger partial charge on any atom is -0.497 e. The molecular formula is C31H47N3O5S. The van der Waals surface area contributed by atoms with Gasteiger partial charge in [0.1, 0.15) is 11.5 Å². The number of likely N-dealkylation sites (N-methyl/N-ethyl adjacent to an activating group) is 2. The molecule has 40 heavy (non-hydrogen) atoms. The first kappa shape index (κ1) is 33.5. The summed E-state index contributed by atoms with van der Waals surface area (Å²) in [5, 5.41) is 0. The minimum atomic E-state index is -3.68. The fourth-order valence-electron chi connectivity index (χ4n) is 4.90. The molecule has 8 nitrogen and oxygen atoms in total. The fourth-order valence-corrected chi connectivity index (χ4v) is 6.45. The summed E-state index contributed by atoms with van der Waals surface area (Å²) in [7, 11) is 3.34.